The molecule has 0 saturated heterocycles. The average molecular weight is 596 g/mol. The Bertz CT molecular complexity index is 2190. The zero-order valence-electron chi connectivity index (χ0n) is 24.2. The van der Waals surface area contributed by atoms with Crippen LogP contribution in [0.1, 0.15) is 0 Å². The number of rotatable bonds is 4. The summed E-state index contributed by atoms with van der Waals surface area (Å²) in [4.78, 5) is 4.29. The van der Waals surface area contributed by atoms with Crippen LogP contribution in [0.5, 0.6) is 23.0 Å². The van der Waals surface area contributed by atoms with Gasteiger partial charge >= 0.3 is 0 Å². The van der Waals surface area contributed by atoms with Gasteiger partial charge in [-0.2, -0.15) is 0 Å². The van der Waals surface area contributed by atoms with Crippen molar-refractivity contribution in [1.29, 1.82) is 0 Å². The molecule has 2 aliphatic rings. The molecule has 3 nitrogen and oxygen atoms in total. The molecule has 0 N–H and O–H groups in total. The van der Waals surface area contributed by atoms with Crippen molar-refractivity contribution in [1.82, 2.24) is 4.98 Å². The van der Waals surface area contributed by atoms with Gasteiger partial charge in [-0.15, -0.1) is 0 Å². The summed E-state index contributed by atoms with van der Waals surface area (Å²) in [5.41, 5.74) is 9.01. The summed E-state index contributed by atoms with van der Waals surface area (Å²) in [6.45, 7) is 0. The van der Waals surface area contributed by atoms with Crippen LogP contribution in [0.25, 0.3) is 44.5 Å². The Hall–Kier alpha value is -5.50. The molecule has 6 aromatic carbocycles. The molecule has 0 saturated carbocycles. The maximum atomic E-state index is 6.92. The van der Waals surface area contributed by atoms with Crippen molar-refractivity contribution in [3.63, 3.8) is 0 Å². The fourth-order valence-electron chi connectivity index (χ4n) is 6.33. The molecular weight excluding hydrogens is 569 g/mol. The normalized spacial score (nSPS) is 13.9. The highest BCUT2D eigenvalue weighted by atomic mass is 31.1. The van der Waals surface area contributed by atoms with Gasteiger partial charge in [0.1, 0.15) is 23.0 Å². The molecule has 1 aromatic heterocycles. The van der Waals surface area contributed by atoms with Gasteiger partial charge in [-0.25, -0.2) is 0 Å². The van der Waals surface area contributed by atoms with Gasteiger partial charge in [-0.1, -0.05) is 103 Å². The van der Waals surface area contributed by atoms with E-state index in [1.54, 1.807) is 6.20 Å². The lowest BCUT2D eigenvalue weighted by molar-refractivity contribution is 0.468. The first-order valence-corrected chi connectivity index (χ1v) is 16.4. The molecule has 7 aromatic rings. The molecule has 0 fully saturated rings. The number of hydrogen-bond donors (Lipinski definition) is 0. The molecule has 9 rings (SSSR count). The van der Waals surface area contributed by atoms with E-state index in [-0.39, 0.29) is 0 Å². The van der Waals surface area contributed by atoms with Crippen LogP contribution in [0, 0.1) is 0 Å². The van der Waals surface area contributed by atoms with Crippen molar-refractivity contribution in [2.24, 2.45) is 0 Å². The van der Waals surface area contributed by atoms with Gasteiger partial charge in [0.25, 0.3) is 0 Å². The molecule has 0 amide bonds. The smallest absolute Gasteiger partial charge is 0.147 e. The first-order valence-electron chi connectivity index (χ1n) is 15.0. The summed E-state index contributed by atoms with van der Waals surface area (Å²) >= 11 is 0. The van der Waals surface area contributed by atoms with Gasteiger partial charge in [0.15, 0.2) is 0 Å². The van der Waals surface area contributed by atoms with Crippen molar-refractivity contribution in [2.45, 2.75) is 0 Å². The predicted octanol–water partition coefficient (Wildman–Crippen LogP) is 9.72. The van der Waals surface area contributed by atoms with E-state index in [2.05, 4.69) is 132 Å². The molecule has 0 aliphatic carbocycles. The average Bonchev–Trinajstić information content (AvgIpc) is 3.12. The highest BCUT2D eigenvalue weighted by molar-refractivity contribution is 7.80. The van der Waals surface area contributed by atoms with E-state index < -0.39 is 7.92 Å². The Balaban J connectivity index is 1.21. The third kappa shape index (κ3) is 4.44. The molecular formula is C41H26NO2P. The van der Waals surface area contributed by atoms with Crippen LogP contribution in [0.3, 0.4) is 0 Å². The van der Waals surface area contributed by atoms with Gasteiger partial charge < -0.3 is 9.47 Å². The van der Waals surface area contributed by atoms with E-state index in [0.29, 0.717) is 0 Å². The molecule has 0 radical (unpaired) electrons. The van der Waals surface area contributed by atoms with Crippen molar-refractivity contribution < 1.29 is 9.47 Å². The van der Waals surface area contributed by atoms with Crippen LogP contribution in [-0.4, -0.2) is 4.98 Å². The molecule has 3 heterocycles. The first-order chi connectivity index (χ1) is 22.3. The number of fused-ring (bicyclic) bond motifs is 4. The topological polar surface area (TPSA) is 31.4 Å². The third-order valence-corrected chi connectivity index (χ3v) is 11.1. The maximum Gasteiger partial charge on any atom is 0.147 e. The lowest BCUT2D eigenvalue weighted by Crippen LogP contribution is -2.32. The molecule has 4 heteroatoms. The van der Waals surface area contributed by atoms with E-state index in [1.165, 1.54) is 21.7 Å². The van der Waals surface area contributed by atoms with Crippen LogP contribution >= 0.6 is 7.92 Å². The number of hydrogen-bond acceptors (Lipinski definition) is 3. The molecule has 0 bridgehead atoms. The summed E-state index contributed by atoms with van der Waals surface area (Å²) in [7, 11) is -0.921. The molecule has 0 spiro atoms. The number of nitrogens with zero attached hydrogens (tertiary/aromatic N) is 1. The Morgan fingerprint density at radius 1 is 0.422 bits per heavy atom. The van der Waals surface area contributed by atoms with Gasteiger partial charge in [-0.3, -0.25) is 4.98 Å². The SMILES string of the molecule is c1ccc(-c2ccc3c(c2)Oc2ccc(-c4ccc(-c5cccnc5)cc4)c4c2P3c2ccc(-c3ccccc3)cc2O4)cc1. The van der Waals surface area contributed by atoms with Gasteiger partial charge in [-0.05, 0) is 81.4 Å². The van der Waals surface area contributed by atoms with Crippen LogP contribution < -0.4 is 25.4 Å². The monoisotopic (exact) mass is 595 g/mol. The summed E-state index contributed by atoms with van der Waals surface area (Å²) < 4.78 is 13.6. The van der Waals surface area contributed by atoms with Crippen molar-refractivity contribution in [2.75, 3.05) is 0 Å². The predicted molar refractivity (Wildman–Crippen MR) is 185 cm³/mol. The van der Waals surface area contributed by atoms with Crippen LogP contribution in [-0.2, 0) is 0 Å². The second-order valence-corrected chi connectivity index (χ2v) is 13.3. The highest BCUT2D eigenvalue weighted by Crippen LogP contribution is 2.55. The fraction of sp³-hybridized carbons (Fsp3) is 0. The number of aromatic nitrogens is 1. The van der Waals surface area contributed by atoms with Crippen molar-refractivity contribution >= 4 is 23.8 Å². The summed E-state index contributed by atoms with van der Waals surface area (Å²) in [5.74, 6) is 3.56. The standard InChI is InChI=1S/C41H26NO2P/c1-3-8-27(9-4-1)31-17-21-38-36(24-31)43-35-20-19-34(30-15-13-29(14-16-30)33-12-7-23-42-26-33)40-41(35)45(38)39-22-18-32(25-37(39)44-40)28-10-5-2-6-11-28/h1-26H. The Morgan fingerprint density at radius 2 is 0.978 bits per heavy atom. The number of ether oxygens (including phenoxy) is 2. The quantitative estimate of drug-likeness (QED) is 0.190. The maximum absolute atomic E-state index is 6.92. The minimum Gasteiger partial charge on any atom is -0.456 e. The minimum atomic E-state index is -0.921. The lowest BCUT2D eigenvalue weighted by Gasteiger charge is -2.36. The van der Waals surface area contributed by atoms with E-state index >= 15 is 0 Å². The molecule has 1 atom stereocenters. The first kappa shape index (κ1) is 25.9. The van der Waals surface area contributed by atoms with E-state index in [9.17, 15) is 0 Å². The number of pyridine rings is 1. The van der Waals surface area contributed by atoms with E-state index in [4.69, 9.17) is 9.47 Å². The highest BCUT2D eigenvalue weighted by Gasteiger charge is 2.38. The second kappa shape index (κ2) is 10.6. The zero-order chi connectivity index (χ0) is 29.7. The number of benzene rings is 6. The molecule has 45 heavy (non-hydrogen) atoms. The van der Waals surface area contributed by atoms with E-state index in [0.717, 1.165) is 61.7 Å². The van der Waals surface area contributed by atoms with Gasteiger partial charge in [0.05, 0.1) is 5.30 Å². The summed E-state index contributed by atoms with van der Waals surface area (Å²) in [6.07, 6.45) is 3.70. The molecule has 1 unspecified atom stereocenters. The third-order valence-electron chi connectivity index (χ3n) is 8.56. The zero-order valence-corrected chi connectivity index (χ0v) is 25.1. The molecule has 2 aliphatic heterocycles. The Kier molecular flexibility index (Phi) is 6.11. The van der Waals surface area contributed by atoms with Crippen LogP contribution in [0.2, 0.25) is 0 Å². The Morgan fingerprint density at radius 3 is 1.60 bits per heavy atom. The summed E-state index contributed by atoms with van der Waals surface area (Å²) in [6, 6.07) is 51.3. The van der Waals surface area contributed by atoms with Crippen LogP contribution in [0.4, 0.5) is 0 Å². The van der Waals surface area contributed by atoms with Crippen molar-refractivity contribution in [3.8, 4) is 67.5 Å². The lowest BCUT2D eigenvalue weighted by atomic mass is 10.00. The molecule has 212 valence electrons. The van der Waals surface area contributed by atoms with Crippen molar-refractivity contribution in [3.05, 3.63) is 158 Å². The fourth-order valence-corrected chi connectivity index (χ4v) is 8.89. The Labute approximate surface area is 263 Å². The van der Waals surface area contributed by atoms with Gasteiger partial charge in [0, 0.05) is 36.5 Å². The second-order valence-electron chi connectivity index (χ2n) is 11.2. The largest absolute Gasteiger partial charge is 0.456 e. The van der Waals surface area contributed by atoms with Crippen LogP contribution in [0.15, 0.2) is 158 Å². The summed E-state index contributed by atoms with van der Waals surface area (Å²) in [5, 5.41) is 3.55. The minimum absolute atomic E-state index is 0.863. The van der Waals surface area contributed by atoms with E-state index in [1.807, 2.05) is 24.4 Å². The van der Waals surface area contributed by atoms with Gasteiger partial charge in [0.2, 0.25) is 0 Å².